The van der Waals surface area contributed by atoms with E-state index in [1.165, 1.54) is 12.1 Å². The molecule has 0 aliphatic heterocycles. The summed E-state index contributed by atoms with van der Waals surface area (Å²) >= 11 is 0. The van der Waals surface area contributed by atoms with Crippen LogP contribution in [0.2, 0.25) is 0 Å². The van der Waals surface area contributed by atoms with Crippen LogP contribution in [-0.2, 0) is 17.8 Å². The van der Waals surface area contributed by atoms with Crippen molar-refractivity contribution in [3.05, 3.63) is 106 Å². The monoisotopic (exact) mass is 678 g/mol. The highest BCUT2D eigenvalue weighted by Crippen LogP contribution is 2.17. The number of hydrogen-bond acceptors (Lipinski definition) is 5. The summed E-state index contributed by atoms with van der Waals surface area (Å²) in [5.41, 5.74) is 2.85. The van der Waals surface area contributed by atoms with Gasteiger partial charge in [-0.2, -0.15) is 0 Å². The number of hydrogen-bond donors (Lipinski definition) is 3. The van der Waals surface area contributed by atoms with Crippen LogP contribution in [0.1, 0.15) is 90.3 Å². The van der Waals surface area contributed by atoms with Crippen molar-refractivity contribution < 1.29 is 28.3 Å². The molecule has 0 bridgehead atoms. The van der Waals surface area contributed by atoms with Gasteiger partial charge < -0.3 is 25.5 Å². The number of halogens is 2. The van der Waals surface area contributed by atoms with Gasteiger partial charge in [0.15, 0.2) is 0 Å². The zero-order chi connectivity index (χ0) is 35.8. The maximum atomic E-state index is 14.0. The van der Waals surface area contributed by atoms with Crippen molar-refractivity contribution in [2.45, 2.75) is 91.0 Å². The van der Waals surface area contributed by atoms with E-state index in [0.29, 0.717) is 37.3 Å². The molecule has 0 saturated heterocycles. The van der Waals surface area contributed by atoms with Crippen LogP contribution in [0.5, 0.6) is 0 Å². The summed E-state index contributed by atoms with van der Waals surface area (Å²) in [6.07, 6.45) is 3.36. The van der Waals surface area contributed by atoms with Crippen LogP contribution in [0.15, 0.2) is 66.7 Å². The zero-order valence-corrected chi connectivity index (χ0v) is 29.3. The van der Waals surface area contributed by atoms with Gasteiger partial charge in [-0.05, 0) is 86.1 Å². The van der Waals surface area contributed by atoms with E-state index in [1.807, 2.05) is 58.0 Å². The fourth-order valence-electron chi connectivity index (χ4n) is 6.05. The lowest BCUT2D eigenvalue weighted by atomic mass is 9.99. The molecule has 0 heterocycles. The summed E-state index contributed by atoms with van der Waals surface area (Å²) < 4.78 is 27.9. The predicted molar refractivity (Wildman–Crippen MR) is 189 cm³/mol. The number of carbonyl (C=O) groups is 3. The quantitative estimate of drug-likeness (QED) is 0.119. The molecule has 10 heteroatoms. The zero-order valence-electron chi connectivity index (χ0n) is 29.3. The maximum absolute atomic E-state index is 14.0. The highest BCUT2D eigenvalue weighted by Gasteiger charge is 2.25. The fourth-order valence-corrected chi connectivity index (χ4v) is 6.05. The second-order valence-electron chi connectivity index (χ2n) is 12.8. The van der Waals surface area contributed by atoms with Gasteiger partial charge >= 0.3 is 0 Å². The van der Waals surface area contributed by atoms with Crippen LogP contribution in [0.3, 0.4) is 0 Å². The van der Waals surface area contributed by atoms with E-state index >= 15 is 0 Å². The number of aryl methyl sites for hydroxylation is 2. The summed E-state index contributed by atoms with van der Waals surface area (Å²) in [6, 6.07) is 17.1. The second kappa shape index (κ2) is 20.4. The Kier molecular flexibility index (Phi) is 16.3. The molecule has 0 aliphatic carbocycles. The fraction of sp³-hybridized carbons (Fsp3) is 0.462. The van der Waals surface area contributed by atoms with Crippen LogP contribution in [0.4, 0.5) is 8.78 Å². The predicted octanol–water partition coefficient (Wildman–Crippen LogP) is 6.04. The second-order valence-corrected chi connectivity index (χ2v) is 12.8. The third-order valence-electron chi connectivity index (χ3n) is 8.39. The molecule has 49 heavy (non-hydrogen) atoms. The topological polar surface area (TPSA) is 102 Å². The molecule has 3 aromatic carbocycles. The molecule has 0 spiro atoms. The van der Waals surface area contributed by atoms with Crippen molar-refractivity contribution >= 4 is 18.2 Å². The molecule has 0 aliphatic rings. The lowest BCUT2D eigenvalue weighted by Gasteiger charge is -2.29. The van der Waals surface area contributed by atoms with Gasteiger partial charge in [-0.15, -0.1) is 0 Å². The lowest BCUT2D eigenvalue weighted by molar-refractivity contribution is -0.119. The van der Waals surface area contributed by atoms with Gasteiger partial charge in [-0.25, -0.2) is 8.78 Å². The molecule has 3 rings (SSSR count). The molecule has 0 aromatic heterocycles. The van der Waals surface area contributed by atoms with Crippen molar-refractivity contribution in [1.82, 2.24) is 20.4 Å². The highest BCUT2D eigenvalue weighted by atomic mass is 19.1. The third kappa shape index (κ3) is 13.0. The van der Waals surface area contributed by atoms with E-state index in [2.05, 4.69) is 10.6 Å². The van der Waals surface area contributed by atoms with Gasteiger partial charge in [-0.1, -0.05) is 57.5 Å². The summed E-state index contributed by atoms with van der Waals surface area (Å²) in [5.74, 6) is -2.01. The van der Waals surface area contributed by atoms with Gasteiger partial charge in [0.1, 0.15) is 11.6 Å². The first-order valence-electron chi connectivity index (χ1n) is 17.4. The first-order chi connectivity index (χ1) is 23.6. The molecule has 3 aromatic rings. The summed E-state index contributed by atoms with van der Waals surface area (Å²) in [6.45, 7) is 10.1. The standard InChI is InChI=1S/C39H52F2N4O4/c1-5-11-35(26-44(27-46)25-29-12-9-8-10-13-29)42-24-37(47)36(15-14-30-20-33(40)23-34(41)21-30)43-38(48)31-18-28(4)19-32(22-31)39(49)45(16-6-2)17-7-3/h8-10,12-13,18-23,27,35-37,42,47H,5-7,11,14-17,24-26H2,1-4H3,(H,43,48)/t35?,36-,37+/m0/s1. The van der Waals surface area contributed by atoms with Gasteiger partial charge in [0.05, 0.1) is 12.1 Å². The van der Waals surface area contributed by atoms with Crippen LogP contribution in [0.25, 0.3) is 0 Å². The van der Waals surface area contributed by atoms with E-state index in [-0.39, 0.29) is 36.9 Å². The molecule has 266 valence electrons. The first-order valence-corrected chi connectivity index (χ1v) is 17.4. The molecule has 3 atom stereocenters. The Hall–Kier alpha value is -4.15. The first kappa shape index (κ1) is 39.3. The molecule has 0 radical (unpaired) electrons. The maximum Gasteiger partial charge on any atom is 0.253 e. The number of aliphatic hydroxyl groups is 1. The Morgan fingerprint density at radius 3 is 2.12 bits per heavy atom. The molecule has 8 nitrogen and oxygen atoms in total. The molecule has 1 unspecified atom stereocenters. The summed E-state index contributed by atoms with van der Waals surface area (Å²) in [5, 5.41) is 17.8. The number of benzene rings is 3. The minimum absolute atomic E-state index is 0.103. The molecular weight excluding hydrogens is 626 g/mol. The molecular formula is C39H52F2N4O4. The number of nitrogens with zero attached hydrogens (tertiary/aromatic N) is 2. The average Bonchev–Trinajstić information content (AvgIpc) is 3.07. The Labute approximate surface area is 289 Å². The van der Waals surface area contributed by atoms with Crippen LogP contribution >= 0.6 is 0 Å². The van der Waals surface area contributed by atoms with Crippen LogP contribution in [0, 0.1) is 18.6 Å². The number of nitrogens with one attached hydrogen (secondary N) is 2. The van der Waals surface area contributed by atoms with Gasteiger partial charge in [0, 0.05) is 56.0 Å². The Balaban J connectivity index is 1.79. The third-order valence-corrected chi connectivity index (χ3v) is 8.39. The smallest absolute Gasteiger partial charge is 0.253 e. The molecule has 0 fully saturated rings. The van der Waals surface area contributed by atoms with Gasteiger partial charge in [0.25, 0.3) is 11.8 Å². The minimum atomic E-state index is -1.07. The van der Waals surface area contributed by atoms with Crippen molar-refractivity contribution in [2.75, 3.05) is 26.2 Å². The van der Waals surface area contributed by atoms with Crippen molar-refractivity contribution in [2.24, 2.45) is 0 Å². The van der Waals surface area contributed by atoms with Crippen molar-refractivity contribution in [3.8, 4) is 0 Å². The summed E-state index contributed by atoms with van der Waals surface area (Å²) in [4.78, 5) is 42.5. The van der Waals surface area contributed by atoms with Crippen molar-refractivity contribution in [1.29, 1.82) is 0 Å². The van der Waals surface area contributed by atoms with E-state index in [4.69, 9.17) is 0 Å². The van der Waals surface area contributed by atoms with E-state index in [1.54, 1.807) is 28.0 Å². The Morgan fingerprint density at radius 1 is 0.857 bits per heavy atom. The van der Waals surface area contributed by atoms with E-state index < -0.39 is 29.7 Å². The van der Waals surface area contributed by atoms with Crippen molar-refractivity contribution in [3.63, 3.8) is 0 Å². The van der Waals surface area contributed by atoms with Gasteiger partial charge in [0.2, 0.25) is 6.41 Å². The molecule has 3 amide bonds. The highest BCUT2D eigenvalue weighted by molar-refractivity contribution is 6.00. The van der Waals surface area contributed by atoms with E-state index in [0.717, 1.165) is 49.3 Å². The Morgan fingerprint density at radius 2 is 1.51 bits per heavy atom. The van der Waals surface area contributed by atoms with Crippen LogP contribution < -0.4 is 10.6 Å². The normalized spacial score (nSPS) is 13.0. The van der Waals surface area contributed by atoms with Crippen LogP contribution in [-0.4, -0.2) is 77.5 Å². The molecule has 0 saturated carbocycles. The lowest BCUT2D eigenvalue weighted by Crippen LogP contribution is -2.50. The van der Waals surface area contributed by atoms with E-state index in [9.17, 15) is 28.3 Å². The van der Waals surface area contributed by atoms with Gasteiger partial charge in [-0.3, -0.25) is 14.4 Å². The minimum Gasteiger partial charge on any atom is -0.390 e. The number of carbonyl (C=O) groups excluding carboxylic acids is 3. The largest absolute Gasteiger partial charge is 0.390 e. The SMILES string of the molecule is CCCC(CN(C=O)Cc1ccccc1)NC[C@@H](O)[C@H](CCc1cc(F)cc(F)c1)NC(=O)c1cc(C)cc(C(=O)N(CCC)CCC)c1. The number of aliphatic hydroxyl groups excluding tert-OH is 1. The number of rotatable bonds is 21. The molecule has 3 N–H and O–H groups in total. The Bertz CT molecular complexity index is 1460. The summed E-state index contributed by atoms with van der Waals surface area (Å²) in [7, 11) is 0. The number of amides is 3. The average molecular weight is 679 g/mol.